The van der Waals surface area contributed by atoms with Gasteiger partial charge in [0.15, 0.2) is 10.7 Å². The van der Waals surface area contributed by atoms with E-state index in [-0.39, 0.29) is 17.8 Å². The van der Waals surface area contributed by atoms with Gasteiger partial charge < -0.3 is 9.66 Å². The standard InChI is InChI=1S/C22H20F2N4O2S/c1-13(19-7-3-14-9-16(31(2)30)5-8-20(14)27-19)22(29,11-21-25-12-26-28-21)17-6-4-15(23)10-18(17)24/h3-10,12-13,29H,11H2,1-2H3,(H,25,26,28). The van der Waals surface area contributed by atoms with Crippen molar-refractivity contribution in [1.29, 1.82) is 0 Å². The third-order valence-corrected chi connectivity index (χ3v) is 6.38. The van der Waals surface area contributed by atoms with Gasteiger partial charge in [-0.05, 0) is 35.4 Å². The summed E-state index contributed by atoms with van der Waals surface area (Å²) >= 11 is -1.12. The van der Waals surface area contributed by atoms with E-state index in [2.05, 4.69) is 20.2 Å². The molecule has 0 aliphatic carbocycles. The summed E-state index contributed by atoms with van der Waals surface area (Å²) in [4.78, 5) is 9.38. The molecule has 0 saturated carbocycles. The Kier molecular flexibility index (Phi) is 5.74. The summed E-state index contributed by atoms with van der Waals surface area (Å²) in [5.74, 6) is -1.99. The van der Waals surface area contributed by atoms with Gasteiger partial charge in [0.1, 0.15) is 29.8 Å². The molecule has 160 valence electrons. The zero-order valence-electron chi connectivity index (χ0n) is 16.8. The molecule has 2 heterocycles. The lowest BCUT2D eigenvalue weighted by molar-refractivity contribution is 0.00630. The number of aromatic amines is 1. The Morgan fingerprint density at radius 3 is 2.65 bits per heavy atom. The van der Waals surface area contributed by atoms with Crippen LogP contribution >= 0.6 is 0 Å². The van der Waals surface area contributed by atoms with Crippen LogP contribution in [0.2, 0.25) is 0 Å². The van der Waals surface area contributed by atoms with Crippen molar-refractivity contribution in [3.8, 4) is 0 Å². The summed E-state index contributed by atoms with van der Waals surface area (Å²) in [7, 11) is 0. The fourth-order valence-corrected chi connectivity index (χ4v) is 4.22. The molecule has 9 heteroatoms. The zero-order chi connectivity index (χ0) is 22.2. The topological polar surface area (TPSA) is 97.8 Å². The highest BCUT2D eigenvalue weighted by Crippen LogP contribution is 2.40. The van der Waals surface area contributed by atoms with Crippen molar-refractivity contribution in [2.45, 2.75) is 29.8 Å². The van der Waals surface area contributed by atoms with E-state index in [1.54, 1.807) is 37.4 Å². The van der Waals surface area contributed by atoms with Crippen molar-refractivity contribution >= 4 is 22.1 Å². The Morgan fingerprint density at radius 2 is 1.97 bits per heavy atom. The maximum Gasteiger partial charge on any atom is 0.153 e. The van der Waals surface area contributed by atoms with Gasteiger partial charge >= 0.3 is 0 Å². The molecule has 0 radical (unpaired) electrons. The predicted molar refractivity (Wildman–Crippen MR) is 113 cm³/mol. The van der Waals surface area contributed by atoms with E-state index < -0.39 is 34.3 Å². The number of H-pyrrole nitrogens is 1. The van der Waals surface area contributed by atoms with Crippen molar-refractivity contribution in [2.24, 2.45) is 0 Å². The molecule has 0 spiro atoms. The first-order chi connectivity index (χ1) is 14.8. The molecule has 2 aromatic carbocycles. The van der Waals surface area contributed by atoms with Crippen LogP contribution in [-0.4, -0.2) is 36.1 Å². The van der Waals surface area contributed by atoms with E-state index >= 15 is 0 Å². The summed E-state index contributed by atoms with van der Waals surface area (Å²) in [5, 5.41) is 19.1. The molecule has 4 aromatic rings. The molecule has 0 bridgehead atoms. The zero-order valence-corrected chi connectivity index (χ0v) is 17.7. The van der Waals surface area contributed by atoms with Crippen LogP contribution in [0.15, 0.2) is 59.8 Å². The van der Waals surface area contributed by atoms with Crippen molar-refractivity contribution in [2.75, 3.05) is 6.26 Å². The van der Waals surface area contributed by atoms with Crippen molar-refractivity contribution in [3.63, 3.8) is 0 Å². The molecule has 6 nitrogen and oxygen atoms in total. The lowest BCUT2D eigenvalue weighted by Crippen LogP contribution is -2.36. The number of hydrogen-bond donors (Lipinski definition) is 2. The van der Waals surface area contributed by atoms with Crippen LogP contribution in [0.25, 0.3) is 10.9 Å². The maximum absolute atomic E-state index is 14.7. The second-order valence-electron chi connectivity index (χ2n) is 7.41. The number of hydrogen-bond acceptors (Lipinski definition) is 5. The number of aromatic nitrogens is 4. The Labute approximate surface area is 180 Å². The van der Waals surface area contributed by atoms with Crippen LogP contribution < -0.4 is 0 Å². The van der Waals surface area contributed by atoms with Gasteiger partial charge in [0.05, 0.1) is 5.52 Å². The number of halogens is 2. The Morgan fingerprint density at radius 1 is 1.16 bits per heavy atom. The average Bonchev–Trinajstić information content (AvgIpc) is 3.25. The molecular weight excluding hydrogens is 422 g/mol. The van der Waals surface area contributed by atoms with Gasteiger partial charge in [-0.2, -0.15) is 5.10 Å². The van der Waals surface area contributed by atoms with Crippen LogP contribution in [0.1, 0.15) is 29.9 Å². The molecule has 2 aromatic heterocycles. The van der Waals surface area contributed by atoms with Crippen molar-refractivity contribution in [3.05, 3.63) is 83.6 Å². The quantitative estimate of drug-likeness (QED) is 0.445. The van der Waals surface area contributed by atoms with Gasteiger partial charge in [-0.15, -0.1) is 0 Å². The minimum atomic E-state index is -1.79. The van der Waals surface area contributed by atoms with E-state index in [0.29, 0.717) is 16.1 Å². The molecule has 2 N–H and O–H groups in total. The van der Waals surface area contributed by atoms with Crippen LogP contribution in [0.4, 0.5) is 8.78 Å². The summed E-state index contributed by atoms with van der Waals surface area (Å²) < 4.78 is 40.0. The van der Waals surface area contributed by atoms with Crippen LogP contribution in [0.3, 0.4) is 0 Å². The highest BCUT2D eigenvalue weighted by molar-refractivity contribution is 7.90. The maximum atomic E-state index is 14.7. The van der Waals surface area contributed by atoms with E-state index in [1.807, 2.05) is 6.07 Å². The van der Waals surface area contributed by atoms with Crippen LogP contribution in [-0.2, 0) is 23.2 Å². The molecule has 3 unspecified atom stereocenters. The van der Waals surface area contributed by atoms with Crippen LogP contribution in [0.5, 0.6) is 0 Å². The van der Waals surface area contributed by atoms with Gasteiger partial charge in [0.2, 0.25) is 0 Å². The minimum Gasteiger partial charge on any atom is -0.612 e. The summed E-state index contributed by atoms with van der Waals surface area (Å²) in [6.45, 7) is 1.72. The van der Waals surface area contributed by atoms with Gasteiger partial charge in [-0.1, -0.05) is 19.1 Å². The van der Waals surface area contributed by atoms with Gasteiger partial charge in [-0.3, -0.25) is 10.1 Å². The van der Waals surface area contributed by atoms with Crippen molar-refractivity contribution in [1.82, 2.24) is 20.2 Å². The lowest BCUT2D eigenvalue weighted by Gasteiger charge is -2.34. The lowest BCUT2D eigenvalue weighted by atomic mass is 9.77. The normalized spacial score (nSPS) is 15.5. The Bertz CT molecular complexity index is 1220. The first-order valence-corrected chi connectivity index (χ1v) is 11.1. The molecular formula is C22H20F2N4O2S. The number of benzene rings is 2. The monoisotopic (exact) mass is 442 g/mol. The molecule has 0 aliphatic rings. The van der Waals surface area contributed by atoms with Crippen molar-refractivity contribution < 1.29 is 18.4 Å². The minimum absolute atomic E-state index is 0.0650. The molecule has 0 saturated heterocycles. The molecule has 0 amide bonds. The number of fused-ring (bicyclic) bond motifs is 1. The SMILES string of the molecule is CC(c1ccc2cc([S+](C)[O-])ccc2n1)C(O)(Cc1nc[nH]n1)c1ccc(F)cc1F. The van der Waals surface area contributed by atoms with E-state index in [4.69, 9.17) is 0 Å². The van der Waals surface area contributed by atoms with E-state index in [1.165, 1.54) is 12.4 Å². The third-order valence-electron chi connectivity index (χ3n) is 5.46. The number of pyridine rings is 1. The highest BCUT2D eigenvalue weighted by atomic mass is 32.2. The predicted octanol–water partition coefficient (Wildman–Crippen LogP) is 3.60. The Balaban J connectivity index is 1.79. The van der Waals surface area contributed by atoms with Crippen LogP contribution in [0, 0.1) is 11.6 Å². The number of nitrogens with zero attached hydrogens (tertiary/aromatic N) is 3. The van der Waals surface area contributed by atoms with E-state index in [0.717, 1.165) is 17.5 Å². The van der Waals surface area contributed by atoms with E-state index in [9.17, 15) is 18.4 Å². The molecule has 31 heavy (non-hydrogen) atoms. The van der Waals surface area contributed by atoms with Gasteiger partial charge in [-0.25, -0.2) is 13.8 Å². The fraction of sp³-hybridized carbons (Fsp3) is 0.227. The second-order valence-corrected chi connectivity index (χ2v) is 8.79. The largest absolute Gasteiger partial charge is 0.612 e. The third kappa shape index (κ3) is 4.16. The molecule has 4 rings (SSSR count). The highest BCUT2D eigenvalue weighted by Gasteiger charge is 2.41. The van der Waals surface area contributed by atoms with Gasteiger partial charge in [0, 0.05) is 41.1 Å². The molecule has 0 fully saturated rings. The summed E-state index contributed by atoms with van der Waals surface area (Å²) in [6.07, 6.45) is 2.87. The number of rotatable bonds is 6. The smallest absolute Gasteiger partial charge is 0.153 e. The van der Waals surface area contributed by atoms with Gasteiger partial charge in [0.25, 0.3) is 0 Å². The molecule has 0 aliphatic heterocycles. The summed E-state index contributed by atoms with van der Waals surface area (Å²) in [6, 6.07) is 11.9. The Hall–Kier alpha value is -2.88. The fourth-order valence-electron chi connectivity index (χ4n) is 3.67. The summed E-state index contributed by atoms with van der Waals surface area (Å²) in [5.41, 5.74) is -0.686. The first-order valence-electron chi connectivity index (χ1n) is 9.54. The second kappa shape index (κ2) is 8.33. The number of nitrogens with one attached hydrogen (secondary N) is 1. The average molecular weight is 442 g/mol. The molecule has 3 atom stereocenters. The number of aliphatic hydroxyl groups is 1. The first kappa shape index (κ1) is 21.4.